The van der Waals surface area contributed by atoms with E-state index in [0.29, 0.717) is 0 Å². The Hall–Kier alpha value is -1.19. The van der Waals surface area contributed by atoms with Crippen LogP contribution >= 0.6 is 0 Å². The summed E-state index contributed by atoms with van der Waals surface area (Å²) in [6.07, 6.45) is 3.84. The van der Waals surface area contributed by atoms with Crippen LogP contribution in [0.4, 0.5) is 11.5 Å². The van der Waals surface area contributed by atoms with Crippen molar-refractivity contribution in [2.24, 2.45) is 5.92 Å². The van der Waals surface area contributed by atoms with Crippen LogP contribution in [0, 0.1) is 12.8 Å². The molecule has 4 heteroatoms. The monoisotopic (exact) mass is 236 g/mol. The smallest absolute Gasteiger partial charge is 0.150 e. The summed E-state index contributed by atoms with van der Waals surface area (Å²) >= 11 is 0. The molecule has 1 unspecified atom stereocenters. The number of anilines is 2. The number of nitrogens with zero attached hydrogens (tertiary/aromatic N) is 3. The van der Waals surface area contributed by atoms with E-state index in [2.05, 4.69) is 23.8 Å². The minimum atomic E-state index is 0.834. The van der Waals surface area contributed by atoms with Crippen LogP contribution in [-0.4, -0.2) is 22.9 Å². The molecule has 4 nitrogen and oxygen atoms in total. The highest BCUT2D eigenvalue weighted by atomic mass is 15.4. The van der Waals surface area contributed by atoms with Crippen LogP contribution in [0.25, 0.3) is 0 Å². The molecular weight excluding hydrogens is 212 g/mol. The minimum absolute atomic E-state index is 0.834. The first kappa shape index (κ1) is 12.3. The van der Waals surface area contributed by atoms with Crippen molar-refractivity contribution in [3.05, 3.63) is 5.69 Å². The van der Waals surface area contributed by atoms with E-state index in [0.717, 1.165) is 42.8 Å². The quantitative estimate of drug-likeness (QED) is 0.858. The van der Waals surface area contributed by atoms with E-state index in [-0.39, 0.29) is 0 Å². The van der Waals surface area contributed by atoms with Crippen LogP contribution in [0.3, 0.4) is 0 Å². The summed E-state index contributed by atoms with van der Waals surface area (Å²) in [5, 5.41) is 4.50. The Kier molecular flexibility index (Phi) is 3.60. The SMILES string of the molecule is CCn1nc(C)c(N)c1N1CCCC(C)CC1. The van der Waals surface area contributed by atoms with E-state index in [1.54, 1.807) is 0 Å². The van der Waals surface area contributed by atoms with Crippen molar-refractivity contribution < 1.29 is 0 Å². The molecule has 0 bridgehead atoms. The van der Waals surface area contributed by atoms with Crippen molar-refractivity contribution in [3.63, 3.8) is 0 Å². The lowest BCUT2D eigenvalue weighted by Crippen LogP contribution is -2.27. The van der Waals surface area contributed by atoms with E-state index in [4.69, 9.17) is 5.73 Å². The van der Waals surface area contributed by atoms with Crippen LogP contribution in [-0.2, 0) is 6.54 Å². The van der Waals surface area contributed by atoms with E-state index >= 15 is 0 Å². The molecule has 17 heavy (non-hydrogen) atoms. The fraction of sp³-hybridized carbons (Fsp3) is 0.769. The maximum Gasteiger partial charge on any atom is 0.150 e. The first-order valence-corrected chi connectivity index (χ1v) is 6.71. The van der Waals surface area contributed by atoms with Crippen molar-refractivity contribution in [2.75, 3.05) is 23.7 Å². The van der Waals surface area contributed by atoms with Gasteiger partial charge in [0.15, 0.2) is 5.82 Å². The summed E-state index contributed by atoms with van der Waals surface area (Å²) in [5.74, 6) is 1.97. The Morgan fingerprint density at radius 3 is 2.82 bits per heavy atom. The molecule has 0 amide bonds. The number of aromatic nitrogens is 2. The zero-order chi connectivity index (χ0) is 12.4. The second kappa shape index (κ2) is 4.98. The Labute approximate surface area is 104 Å². The first-order chi connectivity index (χ1) is 8.13. The molecule has 0 radical (unpaired) electrons. The molecule has 1 aliphatic rings. The van der Waals surface area contributed by atoms with Gasteiger partial charge in [-0.3, -0.25) is 0 Å². The Bertz CT molecular complexity index is 383. The summed E-state index contributed by atoms with van der Waals surface area (Å²) < 4.78 is 2.04. The number of hydrogen-bond acceptors (Lipinski definition) is 3. The molecule has 1 atom stereocenters. The highest BCUT2D eigenvalue weighted by molar-refractivity contribution is 5.66. The summed E-state index contributed by atoms with van der Waals surface area (Å²) in [6.45, 7) is 9.56. The third-order valence-corrected chi connectivity index (χ3v) is 3.76. The summed E-state index contributed by atoms with van der Waals surface area (Å²) in [4.78, 5) is 2.42. The second-order valence-electron chi connectivity index (χ2n) is 5.16. The third-order valence-electron chi connectivity index (χ3n) is 3.76. The van der Waals surface area contributed by atoms with Gasteiger partial charge in [0.1, 0.15) is 0 Å². The molecule has 2 heterocycles. The number of hydrogen-bond donors (Lipinski definition) is 1. The van der Waals surface area contributed by atoms with Crippen LogP contribution in [0.5, 0.6) is 0 Å². The highest BCUT2D eigenvalue weighted by Gasteiger charge is 2.21. The molecule has 0 aromatic carbocycles. The maximum atomic E-state index is 6.17. The summed E-state index contributed by atoms with van der Waals surface area (Å²) in [7, 11) is 0. The van der Waals surface area contributed by atoms with Gasteiger partial charge in [-0.05, 0) is 39.0 Å². The zero-order valence-corrected chi connectivity index (χ0v) is 11.2. The molecule has 2 rings (SSSR count). The molecule has 0 aliphatic carbocycles. The highest BCUT2D eigenvalue weighted by Crippen LogP contribution is 2.29. The lowest BCUT2D eigenvalue weighted by Gasteiger charge is -2.23. The Balaban J connectivity index is 2.26. The Morgan fingerprint density at radius 1 is 1.35 bits per heavy atom. The Morgan fingerprint density at radius 2 is 2.12 bits per heavy atom. The van der Waals surface area contributed by atoms with E-state index in [1.807, 2.05) is 11.6 Å². The van der Waals surface area contributed by atoms with Gasteiger partial charge in [0.25, 0.3) is 0 Å². The van der Waals surface area contributed by atoms with Crippen molar-refractivity contribution in [3.8, 4) is 0 Å². The fourth-order valence-electron chi connectivity index (χ4n) is 2.61. The number of nitrogens with two attached hydrogens (primary N) is 1. The molecule has 0 saturated carbocycles. The average molecular weight is 236 g/mol. The molecule has 1 fully saturated rings. The van der Waals surface area contributed by atoms with Gasteiger partial charge in [0, 0.05) is 19.6 Å². The van der Waals surface area contributed by atoms with Crippen LogP contribution in [0.15, 0.2) is 0 Å². The van der Waals surface area contributed by atoms with Crippen molar-refractivity contribution in [2.45, 2.75) is 46.6 Å². The number of nitrogen functional groups attached to an aromatic ring is 1. The lowest BCUT2D eigenvalue weighted by molar-refractivity contribution is 0.520. The van der Waals surface area contributed by atoms with Crippen LogP contribution in [0.1, 0.15) is 38.8 Å². The number of aryl methyl sites for hydroxylation is 2. The van der Waals surface area contributed by atoms with Gasteiger partial charge in [-0.1, -0.05) is 6.92 Å². The number of rotatable bonds is 2. The molecule has 0 spiro atoms. The maximum absolute atomic E-state index is 6.17. The molecule has 1 aromatic heterocycles. The molecule has 2 N–H and O–H groups in total. The largest absolute Gasteiger partial charge is 0.394 e. The summed E-state index contributed by atoms with van der Waals surface area (Å²) in [5.41, 5.74) is 7.99. The minimum Gasteiger partial charge on any atom is -0.394 e. The molecule has 1 aromatic rings. The van der Waals surface area contributed by atoms with Crippen LogP contribution < -0.4 is 10.6 Å². The van der Waals surface area contributed by atoms with Crippen LogP contribution in [0.2, 0.25) is 0 Å². The fourth-order valence-corrected chi connectivity index (χ4v) is 2.61. The second-order valence-corrected chi connectivity index (χ2v) is 5.16. The van der Waals surface area contributed by atoms with E-state index < -0.39 is 0 Å². The van der Waals surface area contributed by atoms with Gasteiger partial charge in [0.2, 0.25) is 0 Å². The molecular formula is C13H24N4. The van der Waals surface area contributed by atoms with Gasteiger partial charge in [-0.25, -0.2) is 4.68 Å². The first-order valence-electron chi connectivity index (χ1n) is 6.71. The third kappa shape index (κ3) is 2.40. The van der Waals surface area contributed by atoms with Gasteiger partial charge in [-0.15, -0.1) is 0 Å². The zero-order valence-electron chi connectivity index (χ0n) is 11.2. The van der Waals surface area contributed by atoms with Crippen molar-refractivity contribution in [1.29, 1.82) is 0 Å². The van der Waals surface area contributed by atoms with Gasteiger partial charge in [-0.2, -0.15) is 5.10 Å². The van der Waals surface area contributed by atoms with Gasteiger partial charge in [0.05, 0.1) is 11.4 Å². The topological polar surface area (TPSA) is 47.1 Å². The predicted molar refractivity (Wildman–Crippen MR) is 72.3 cm³/mol. The average Bonchev–Trinajstić information content (AvgIpc) is 2.49. The van der Waals surface area contributed by atoms with Gasteiger partial charge >= 0.3 is 0 Å². The molecule has 1 aliphatic heterocycles. The van der Waals surface area contributed by atoms with Crippen molar-refractivity contribution >= 4 is 11.5 Å². The molecule has 96 valence electrons. The van der Waals surface area contributed by atoms with E-state index in [9.17, 15) is 0 Å². The van der Waals surface area contributed by atoms with Gasteiger partial charge < -0.3 is 10.6 Å². The predicted octanol–water partition coefficient (Wildman–Crippen LogP) is 2.42. The van der Waals surface area contributed by atoms with Crippen molar-refractivity contribution in [1.82, 2.24) is 9.78 Å². The van der Waals surface area contributed by atoms with E-state index in [1.165, 1.54) is 19.3 Å². The summed E-state index contributed by atoms with van der Waals surface area (Å²) in [6, 6.07) is 0. The normalized spacial score (nSPS) is 21.6. The standard InChI is InChI=1S/C13H24N4/c1-4-17-13(12(14)11(3)15-17)16-8-5-6-10(2)7-9-16/h10H,4-9,14H2,1-3H3. The molecule has 1 saturated heterocycles. The lowest BCUT2D eigenvalue weighted by atomic mass is 10.0.